The molecule has 0 aliphatic carbocycles. The van der Waals surface area contributed by atoms with Crippen molar-refractivity contribution in [2.75, 3.05) is 0 Å². The number of fused-ring (bicyclic) bond motifs is 1. The van der Waals surface area contributed by atoms with Gasteiger partial charge in [-0.2, -0.15) is 0 Å². The third-order valence-electron chi connectivity index (χ3n) is 4.29. The summed E-state index contributed by atoms with van der Waals surface area (Å²) in [5.41, 5.74) is 1.31. The molecule has 1 heterocycles. The smallest absolute Gasteiger partial charge is 0.339 e. The fraction of sp³-hybridized carbons (Fsp3) is 0.421. The summed E-state index contributed by atoms with van der Waals surface area (Å²) >= 11 is 0. The van der Waals surface area contributed by atoms with Crippen LogP contribution in [0.1, 0.15) is 37.8 Å². The zero-order valence-corrected chi connectivity index (χ0v) is 15.3. The van der Waals surface area contributed by atoms with Crippen LogP contribution in [0, 0.1) is 13.8 Å². The maximum Gasteiger partial charge on any atom is 0.339 e. The van der Waals surface area contributed by atoms with E-state index in [1.54, 1.807) is 19.1 Å². The number of ether oxygens (including phenoxy) is 1. The molecule has 1 aromatic carbocycles. The molecule has 7 heteroatoms. The highest BCUT2D eigenvalue weighted by atomic mass is 16.5. The monoisotopic (exact) mass is 360 g/mol. The number of benzene rings is 1. The van der Waals surface area contributed by atoms with E-state index in [2.05, 4.69) is 5.32 Å². The van der Waals surface area contributed by atoms with Crippen molar-refractivity contribution >= 4 is 22.8 Å². The lowest BCUT2D eigenvalue weighted by molar-refractivity contribution is -0.308. The number of hydrogen-bond donors (Lipinski definition) is 1. The number of amides is 1. The summed E-state index contributed by atoms with van der Waals surface area (Å²) in [6, 6.07) is 3.90. The van der Waals surface area contributed by atoms with Crippen LogP contribution in [-0.2, 0) is 9.59 Å². The van der Waals surface area contributed by atoms with Crippen molar-refractivity contribution in [1.29, 1.82) is 0 Å². The van der Waals surface area contributed by atoms with Gasteiger partial charge in [-0.25, -0.2) is 4.79 Å². The standard InChI is InChI=1S/C19H23NO6/c1-5-6-15(18(22)23)20-17(21)12(4)25-13-7-8-14-10(2)11(3)19(24)26-16(14)9-13/h7-9,12,15H,5-6H2,1-4H3,(H,20,21)(H,22,23)/p-1/t12-,15-/m0/s1. The van der Waals surface area contributed by atoms with Gasteiger partial charge in [-0.05, 0) is 44.9 Å². The van der Waals surface area contributed by atoms with Gasteiger partial charge >= 0.3 is 5.63 Å². The number of aliphatic carboxylic acids is 1. The van der Waals surface area contributed by atoms with Crippen molar-refractivity contribution in [3.05, 3.63) is 39.7 Å². The van der Waals surface area contributed by atoms with Crippen LogP contribution in [0.25, 0.3) is 11.0 Å². The van der Waals surface area contributed by atoms with Crippen molar-refractivity contribution in [3.8, 4) is 5.75 Å². The molecule has 2 atom stereocenters. The van der Waals surface area contributed by atoms with E-state index < -0.39 is 29.6 Å². The second-order valence-electron chi connectivity index (χ2n) is 6.23. The molecular weight excluding hydrogens is 338 g/mol. The number of carbonyl (C=O) groups is 2. The van der Waals surface area contributed by atoms with Crippen LogP contribution in [0.2, 0.25) is 0 Å². The van der Waals surface area contributed by atoms with Gasteiger partial charge in [0.1, 0.15) is 11.3 Å². The van der Waals surface area contributed by atoms with Crippen LogP contribution in [0.5, 0.6) is 5.75 Å². The quantitative estimate of drug-likeness (QED) is 0.744. The first-order valence-electron chi connectivity index (χ1n) is 8.46. The third kappa shape index (κ3) is 4.22. The lowest BCUT2D eigenvalue weighted by Gasteiger charge is -2.22. The van der Waals surface area contributed by atoms with Gasteiger partial charge in [-0.1, -0.05) is 13.3 Å². The lowest BCUT2D eigenvalue weighted by Crippen LogP contribution is -2.51. The Bertz CT molecular complexity index is 885. The summed E-state index contributed by atoms with van der Waals surface area (Å²) in [4.78, 5) is 35.0. The van der Waals surface area contributed by atoms with E-state index in [1.807, 2.05) is 13.8 Å². The maximum atomic E-state index is 12.2. The molecule has 1 aromatic heterocycles. The average Bonchev–Trinajstić information content (AvgIpc) is 2.59. The predicted octanol–water partition coefficient (Wildman–Crippen LogP) is 1.21. The molecule has 1 amide bonds. The van der Waals surface area contributed by atoms with Crippen molar-refractivity contribution < 1.29 is 23.8 Å². The third-order valence-corrected chi connectivity index (χ3v) is 4.29. The zero-order chi connectivity index (χ0) is 19.4. The molecule has 140 valence electrons. The van der Waals surface area contributed by atoms with Crippen LogP contribution in [0.15, 0.2) is 27.4 Å². The largest absolute Gasteiger partial charge is 0.548 e. The van der Waals surface area contributed by atoms with Crippen LogP contribution in [-0.4, -0.2) is 24.0 Å². The second-order valence-corrected chi connectivity index (χ2v) is 6.23. The number of aryl methyl sites for hydroxylation is 1. The summed E-state index contributed by atoms with van der Waals surface area (Å²) in [6.45, 7) is 6.85. The van der Waals surface area contributed by atoms with Crippen LogP contribution >= 0.6 is 0 Å². The molecular formula is C19H22NO6-. The Labute approximate surface area is 151 Å². The maximum absolute atomic E-state index is 12.2. The van der Waals surface area contributed by atoms with E-state index in [9.17, 15) is 19.5 Å². The van der Waals surface area contributed by atoms with Crippen molar-refractivity contribution in [3.63, 3.8) is 0 Å². The molecule has 26 heavy (non-hydrogen) atoms. The molecule has 0 aliphatic heterocycles. The highest BCUT2D eigenvalue weighted by molar-refractivity contribution is 5.86. The minimum atomic E-state index is -1.33. The molecule has 0 saturated heterocycles. The number of nitrogens with one attached hydrogen (secondary N) is 1. The summed E-state index contributed by atoms with van der Waals surface area (Å²) in [5.74, 6) is -1.55. The Morgan fingerprint density at radius 2 is 1.96 bits per heavy atom. The van der Waals surface area contributed by atoms with E-state index >= 15 is 0 Å². The summed E-state index contributed by atoms with van der Waals surface area (Å²) < 4.78 is 10.8. The molecule has 2 aromatic rings. The first-order valence-corrected chi connectivity index (χ1v) is 8.46. The SMILES string of the molecule is CCC[C@H](NC(=O)[C@H](C)Oc1ccc2c(C)c(C)c(=O)oc2c1)C(=O)[O-]. The fourth-order valence-corrected chi connectivity index (χ4v) is 2.59. The minimum Gasteiger partial charge on any atom is -0.548 e. The molecule has 1 N–H and O–H groups in total. The van der Waals surface area contributed by atoms with E-state index in [-0.39, 0.29) is 6.42 Å². The van der Waals surface area contributed by atoms with Crippen LogP contribution in [0.4, 0.5) is 0 Å². The zero-order valence-electron chi connectivity index (χ0n) is 15.3. The lowest BCUT2D eigenvalue weighted by atomic mass is 10.1. The molecule has 2 rings (SSSR count). The average molecular weight is 360 g/mol. The number of carboxylic acid groups (broad SMARTS) is 1. The summed E-state index contributed by atoms with van der Waals surface area (Å²) in [7, 11) is 0. The highest BCUT2D eigenvalue weighted by Crippen LogP contribution is 2.24. The van der Waals surface area contributed by atoms with E-state index in [1.165, 1.54) is 13.0 Å². The topological polar surface area (TPSA) is 109 Å². The Hall–Kier alpha value is -2.83. The molecule has 0 bridgehead atoms. The van der Waals surface area contributed by atoms with Gasteiger partial charge in [0.25, 0.3) is 5.91 Å². The normalized spacial score (nSPS) is 13.2. The van der Waals surface area contributed by atoms with Gasteiger partial charge in [-0.15, -0.1) is 0 Å². The molecule has 0 radical (unpaired) electrons. The van der Waals surface area contributed by atoms with E-state index in [0.29, 0.717) is 23.3 Å². The van der Waals surface area contributed by atoms with E-state index in [4.69, 9.17) is 9.15 Å². The fourth-order valence-electron chi connectivity index (χ4n) is 2.59. The van der Waals surface area contributed by atoms with Crippen LogP contribution < -0.4 is 20.8 Å². The molecule has 7 nitrogen and oxygen atoms in total. The van der Waals surface area contributed by atoms with Gasteiger partial charge in [0.15, 0.2) is 6.10 Å². The second kappa shape index (κ2) is 8.03. The number of rotatable bonds is 7. The van der Waals surface area contributed by atoms with Gasteiger partial charge in [0.2, 0.25) is 0 Å². The number of carbonyl (C=O) groups excluding carboxylic acids is 2. The van der Waals surface area contributed by atoms with Gasteiger partial charge in [0.05, 0.1) is 12.0 Å². The first-order chi connectivity index (χ1) is 12.2. The van der Waals surface area contributed by atoms with Gasteiger partial charge in [-0.3, -0.25) is 4.79 Å². The van der Waals surface area contributed by atoms with Crippen LogP contribution in [0.3, 0.4) is 0 Å². The van der Waals surface area contributed by atoms with E-state index in [0.717, 1.165) is 10.9 Å². The van der Waals surface area contributed by atoms with Crippen molar-refractivity contribution in [2.24, 2.45) is 0 Å². The number of hydrogen-bond acceptors (Lipinski definition) is 6. The van der Waals surface area contributed by atoms with Gasteiger partial charge < -0.3 is 24.4 Å². The molecule has 0 unspecified atom stereocenters. The highest BCUT2D eigenvalue weighted by Gasteiger charge is 2.20. The molecule has 0 spiro atoms. The Morgan fingerprint density at radius 3 is 2.58 bits per heavy atom. The Morgan fingerprint density at radius 1 is 1.27 bits per heavy atom. The summed E-state index contributed by atoms with van der Waals surface area (Å²) in [6.07, 6.45) is -0.0542. The molecule has 0 aliphatic rings. The van der Waals surface area contributed by atoms with Gasteiger partial charge in [0, 0.05) is 17.0 Å². The van der Waals surface area contributed by atoms with Crippen molar-refractivity contribution in [2.45, 2.75) is 52.7 Å². The molecule has 0 saturated carbocycles. The molecule has 0 fully saturated rings. The first kappa shape index (κ1) is 19.5. The predicted molar refractivity (Wildman–Crippen MR) is 93.9 cm³/mol. The Balaban J connectivity index is 2.17. The summed E-state index contributed by atoms with van der Waals surface area (Å²) in [5, 5.41) is 14.2. The minimum absolute atomic E-state index is 0.278. The number of carboxylic acids is 1. The Kier molecular flexibility index (Phi) is 6.02. The van der Waals surface area contributed by atoms with Crippen molar-refractivity contribution in [1.82, 2.24) is 5.32 Å².